The molecule has 0 saturated carbocycles. The summed E-state index contributed by atoms with van der Waals surface area (Å²) in [7, 11) is 0. The number of rotatable bonds is 3. The van der Waals surface area contributed by atoms with Gasteiger partial charge in [0, 0.05) is 11.6 Å². The maximum absolute atomic E-state index is 12.0. The molecule has 2 unspecified atom stereocenters. The van der Waals surface area contributed by atoms with Crippen LogP contribution in [0.5, 0.6) is 0 Å². The Morgan fingerprint density at radius 2 is 2.13 bits per heavy atom. The van der Waals surface area contributed by atoms with Crippen molar-refractivity contribution in [2.45, 2.75) is 24.9 Å². The highest BCUT2D eigenvalue weighted by molar-refractivity contribution is 6.00. The molecule has 0 aliphatic carbocycles. The highest BCUT2D eigenvalue weighted by Gasteiger charge is 2.27. The van der Waals surface area contributed by atoms with Gasteiger partial charge in [-0.05, 0) is 19.4 Å². The van der Waals surface area contributed by atoms with Crippen molar-refractivity contribution in [3.63, 3.8) is 0 Å². The van der Waals surface area contributed by atoms with Crippen molar-refractivity contribution >= 4 is 5.78 Å². The first kappa shape index (κ1) is 10.3. The number of ketones is 1. The van der Waals surface area contributed by atoms with Crippen LogP contribution in [0.25, 0.3) is 0 Å². The molecule has 0 amide bonds. The lowest BCUT2D eigenvalue weighted by Gasteiger charge is -2.17. The lowest BCUT2D eigenvalue weighted by Crippen LogP contribution is -2.46. The number of nitrogens with two attached hydrogens (primary N) is 1. The molecule has 0 bridgehead atoms. The van der Waals surface area contributed by atoms with Crippen LogP contribution < -0.4 is 11.1 Å². The molecule has 1 fully saturated rings. The summed E-state index contributed by atoms with van der Waals surface area (Å²) in [6, 6.07) is 9.00. The predicted molar refractivity (Wildman–Crippen MR) is 59.8 cm³/mol. The van der Waals surface area contributed by atoms with Gasteiger partial charge in [0.2, 0.25) is 0 Å². The fourth-order valence-electron chi connectivity index (χ4n) is 2.00. The Kier molecular flexibility index (Phi) is 3.14. The molecule has 1 saturated heterocycles. The van der Waals surface area contributed by atoms with E-state index in [0.717, 1.165) is 19.4 Å². The standard InChI is InChI=1S/C12H16N2O/c13-11(10-7-4-8-14-10)12(15)9-5-2-1-3-6-9/h1-3,5-6,10-11,14H,4,7-8,13H2. The predicted octanol–water partition coefficient (Wildman–Crippen LogP) is 0.949. The normalized spacial score (nSPS) is 22.6. The first-order valence-electron chi connectivity index (χ1n) is 5.37. The highest BCUT2D eigenvalue weighted by atomic mass is 16.1. The molecule has 0 spiro atoms. The van der Waals surface area contributed by atoms with Crippen molar-refractivity contribution in [1.82, 2.24) is 5.32 Å². The molecule has 3 nitrogen and oxygen atoms in total. The van der Waals surface area contributed by atoms with E-state index in [4.69, 9.17) is 5.73 Å². The van der Waals surface area contributed by atoms with E-state index in [1.807, 2.05) is 30.3 Å². The van der Waals surface area contributed by atoms with E-state index in [1.165, 1.54) is 0 Å². The summed E-state index contributed by atoms with van der Waals surface area (Å²) in [5, 5.41) is 3.26. The molecule has 0 radical (unpaired) electrons. The van der Waals surface area contributed by atoms with E-state index < -0.39 is 6.04 Å². The van der Waals surface area contributed by atoms with Crippen molar-refractivity contribution in [1.29, 1.82) is 0 Å². The first-order chi connectivity index (χ1) is 7.29. The van der Waals surface area contributed by atoms with E-state index in [0.29, 0.717) is 5.56 Å². The molecule has 0 aromatic heterocycles. The Bertz CT molecular complexity index is 331. The zero-order chi connectivity index (χ0) is 10.7. The van der Waals surface area contributed by atoms with Crippen LogP contribution in [0.4, 0.5) is 0 Å². The van der Waals surface area contributed by atoms with E-state index in [2.05, 4.69) is 5.32 Å². The molecule has 1 aliphatic rings. The van der Waals surface area contributed by atoms with Gasteiger partial charge in [0.1, 0.15) is 0 Å². The molecule has 80 valence electrons. The monoisotopic (exact) mass is 204 g/mol. The Morgan fingerprint density at radius 1 is 1.40 bits per heavy atom. The highest BCUT2D eigenvalue weighted by Crippen LogP contribution is 2.12. The Balaban J connectivity index is 2.07. The Hall–Kier alpha value is -1.19. The average molecular weight is 204 g/mol. The van der Waals surface area contributed by atoms with E-state index in [9.17, 15) is 4.79 Å². The van der Waals surface area contributed by atoms with E-state index >= 15 is 0 Å². The quantitative estimate of drug-likeness (QED) is 0.721. The smallest absolute Gasteiger partial charge is 0.181 e. The van der Waals surface area contributed by atoms with E-state index in [1.54, 1.807) is 0 Å². The van der Waals surface area contributed by atoms with E-state index in [-0.39, 0.29) is 11.8 Å². The lowest BCUT2D eigenvalue weighted by atomic mass is 9.98. The van der Waals surface area contributed by atoms with Crippen molar-refractivity contribution in [2.24, 2.45) is 5.73 Å². The summed E-state index contributed by atoms with van der Waals surface area (Å²) < 4.78 is 0. The van der Waals surface area contributed by atoms with Gasteiger partial charge in [-0.15, -0.1) is 0 Å². The topological polar surface area (TPSA) is 55.1 Å². The molecular formula is C12H16N2O. The zero-order valence-electron chi connectivity index (χ0n) is 8.65. The molecule has 2 atom stereocenters. The fraction of sp³-hybridized carbons (Fsp3) is 0.417. The first-order valence-corrected chi connectivity index (χ1v) is 5.37. The summed E-state index contributed by atoms with van der Waals surface area (Å²) in [6.07, 6.45) is 2.11. The second kappa shape index (κ2) is 4.55. The van der Waals surface area contributed by atoms with Crippen LogP contribution in [0.15, 0.2) is 30.3 Å². The number of benzene rings is 1. The van der Waals surface area contributed by atoms with Crippen LogP contribution in [-0.4, -0.2) is 24.4 Å². The molecule has 3 N–H and O–H groups in total. The summed E-state index contributed by atoms with van der Waals surface area (Å²) in [6.45, 7) is 0.973. The zero-order valence-corrected chi connectivity index (χ0v) is 8.65. The second-order valence-electron chi connectivity index (χ2n) is 3.96. The van der Waals surface area contributed by atoms with Crippen molar-refractivity contribution in [3.05, 3.63) is 35.9 Å². The van der Waals surface area contributed by atoms with Gasteiger partial charge in [0.05, 0.1) is 6.04 Å². The minimum Gasteiger partial charge on any atom is -0.320 e. The largest absolute Gasteiger partial charge is 0.320 e. The van der Waals surface area contributed by atoms with Crippen molar-refractivity contribution < 1.29 is 4.79 Å². The molecule has 1 aromatic carbocycles. The number of nitrogens with one attached hydrogen (secondary N) is 1. The Labute approximate surface area is 89.7 Å². The summed E-state index contributed by atoms with van der Waals surface area (Å²) in [4.78, 5) is 12.0. The molecule has 3 heteroatoms. The molecule has 1 aromatic rings. The number of hydrogen-bond donors (Lipinski definition) is 2. The summed E-state index contributed by atoms with van der Waals surface area (Å²) in [5.74, 6) is 0.0370. The fourth-order valence-corrected chi connectivity index (χ4v) is 2.00. The van der Waals surface area contributed by atoms with Crippen molar-refractivity contribution in [2.75, 3.05) is 6.54 Å². The maximum Gasteiger partial charge on any atom is 0.181 e. The van der Waals surface area contributed by atoms with Gasteiger partial charge in [0.25, 0.3) is 0 Å². The van der Waals surface area contributed by atoms with Gasteiger partial charge in [-0.2, -0.15) is 0 Å². The molecule has 1 heterocycles. The van der Waals surface area contributed by atoms with Gasteiger partial charge < -0.3 is 11.1 Å². The number of carbonyl (C=O) groups is 1. The van der Waals surface area contributed by atoms with Crippen molar-refractivity contribution in [3.8, 4) is 0 Å². The van der Waals surface area contributed by atoms with Gasteiger partial charge in [-0.3, -0.25) is 4.79 Å². The summed E-state index contributed by atoms with van der Waals surface area (Å²) in [5.41, 5.74) is 6.65. The van der Waals surface area contributed by atoms with Crippen LogP contribution in [0, 0.1) is 0 Å². The van der Waals surface area contributed by atoms with Gasteiger partial charge in [-0.25, -0.2) is 0 Å². The Morgan fingerprint density at radius 3 is 2.73 bits per heavy atom. The SMILES string of the molecule is NC(C(=O)c1ccccc1)C1CCCN1. The third-order valence-corrected chi connectivity index (χ3v) is 2.89. The maximum atomic E-state index is 12.0. The van der Waals surface area contributed by atoms with Crippen LogP contribution >= 0.6 is 0 Å². The molecule has 2 rings (SSSR count). The third kappa shape index (κ3) is 2.25. The molecule has 15 heavy (non-hydrogen) atoms. The average Bonchev–Trinajstić information content (AvgIpc) is 2.82. The summed E-state index contributed by atoms with van der Waals surface area (Å²) >= 11 is 0. The molecular weight excluding hydrogens is 188 g/mol. The van der Waals surface area contributed by atoms with Gasteiger partial charge >= 0.3 is 0 Å². The van der Waals surface area contributed by atoms with Crippen LogP contribution in [-0.2, 0) is 0 Å². The third-order valence-electron chi connectivity index (χ3n) is 2.89. The van der Waals surface area contributed by atoms with Gasteiger partial charge in [-0.1, -0.05) is 30.3 Å². The van der Waals surface area contributed by atoms with Gasteiger partial charge in [0.15, 0.2) is 5.78 Å². The minimum atomic E-state index is -0.408. The number of carbonyl (C=O) groups excluding carboxylic acids is 1. The van der Waals surface area contributed by atoms with Crippen LogP contribution in [0.2, 0.25) is 0 Å². The molecule has 1 aliphatic heterocycles. The van der Waals surface area contributed by atoms with Crippen LogP contribution in [0.3, 0.4) is 0 Å². The van der Waals surface area contributed by atoms with Crippen LogP contribution in [0.1, 0.15) is 23.2 Å². The number of hydrogen-bond acceptors (Lipinski definition) is 3. The second-order valence-corrected chi connectivity index (χ2v) is 3.96. The number of Topliss-reactive ketones (excluding diaryl/α,β-unsaturated/α-hetero) is 1. The minimum absolute atomic E-state index is 0.0370. The lowest BCUT2D eigenvalue weighted by molar-refractivity contribution is 0.0946.